The maximum Gasteiger partial charge on any atom is 0.255 e. The van der Waals surface area contributed by atoms with Crippen molar-refractivity contribution in [3.05, 3.63) is 59.7 Å². The minimum absolute atomic E-state index is 0.142. The summed E-state index contributed by atoms with van der Waals surface area (Å²) in [5.41, 5.74) is 13.9. The highest BCUT2D eigenvalue weighted by Crippen LogP contribution is 2.22. The van der Waals surface area contributed by atoms with Gasteiger partial charge in [-0.2, -0.15) is 0 Å². The van der Waals surface area contributed by atoms with Crippen LogP contribution in [0, 0.1) is 0 Å². The smallest absolute Gasteiger partial charge is 0.255 e. The standard InChI is InChI=1S/C22H29N3O2.CH3NS/c1-17(23)20-7-3-4-8-21(20)24-22(26)18-9-11-19(12-10-18)27-16-15-25-13-5-2-6-14-25;2-1-3/h3-4,7-12,17H,2,5-6,13-16,23H2,1H3,(H,24,26);1H,(H2,2,3). The Bertz CT molecular complexity index is 790. The van der Waals surface area contributed by atoms with E-state index in [9.17, 15) is 4.79 Å². The Balaban J connectivity index is 0.00000101. The van der Waals surface area contributed by atoms with E-state index in [1.165, 1.54) is 32.4 Å². The largest absolute Gasteiger partial charge is 0.492 e. The quantitative estimate of drug-likeness (QED) is 0.582. The number of para-hydroxylation sites is 1. The van der Waals surface area contributed by atoms with Gasteiger partial charge in [-0.05, 0) is 68.8 Å². The van der Waals surface area contributed by atoms with Gasteiger partial charge < -0.3 is 21.5 Å². The summed E-state index contributed by atoms with van der Waals surface area (Å²) in [7, 11) is 0. The topological polar surface area (TPSA) is 93.6 Å². The Morgan fingerprint density at radius 3 is 2.43 bits per heavy atom. The average Bonchev–Trinajstić information content (AvgIpc) is 2.76. The maximum atomic E-state index is 12.5. The molecule has 0 saturated carbocycles. The van der Waals surface area contributed by atoms with Gasteiger partial charge in [-0.3, -0.25) is 9.69 Å². The van der Waals surface area contributed by atoms with Crippen molar-refractivity contribution in [2.75, 3.05) is 31.6 Å². The number of thiocarbonyl (C=S) groups is 1. The molecule has 7 heteroatoms. The van der Waals surface area contributed by atoms with Crippen molar-refractivity contribution in [3.63, 3.8) is 0 Å². The SMILES string of the molecule is CC(N)c1ccccc1NC(=O)c1ccc(OCCN2CCCCC2)cc1.NC=S. The number of nitrogens with zero attached hydrogens (tertiary/aromatic N) is 1. The van der Waals surface area contributed by atoms with Crippen molar-refractivity contribution >= 4 is 29.3 Å². The van der Waals surface area contributed by atoms with Crippen LogP contribution in [0.4, 0.5) is 5.69 Å². The van der Waals surface area contributed by atoms with Crippen molar-refractivity contribution in [3.8, 4) is 5.75 Å². The number of rotatable bonds is 7. The van der Waals surface area contributed by atoms with Gasteiger partial charge in [-0.25, -0.2) is 0 Å². The lowest BCUT2D eigenvalue weighted by Crippen LogP contribution is -2.33. The highest BCUT2D eigenvalue weighted by Gasteiger charge is 2.12. The van der Waals surface area contributed by atoms with Gasteiger partial charge in [0.15, 0.2) is 0 Å². The number of ether oxygens (including phenoxy) is 1. The number of piperidine rings is 1. The van der Waals surface area contributed by atoms with Gasteiger partial charge in [0.05, 0.1) is 5.49 Å². The summed E-state index contributed by atoms with van der Waals surface area (Å²) in [4.78, 5) is 15.0. The summed E-state index contributed by atoms with van der Waals surface area (Å²) in [5.74, 6) is 0.641. The van der Waals surface area contributed by atoms with E-state index in [1.54, 1.807) is 12.1 Å². The highest BCUT2D eigenvalue weighted by molar-refractivity contribution is 7.78. The molecule has 0 radical (unpaired) electrons. The molecule has 2 aromatic rings. The van der Waals surface area contributed by atoms with Crippen LogP contribution < -0.4 is 21.5 Å². The van der Waals surface area contributed by atoms with E-state index in [1.807, 2.05) is 43.3 Å². The number of likely N-dealkylation sites (tertiary alicyclic amines) is 1. The molecular formula is C23H32N4O2S. The number of benzene rings is 2. The Labute approximate surface area is 184 Å². The van der Waals surface area contributed by atoms with Crippen molar-refractivity contribution in [2.45, 2.75) is 32.2 Å². The van der Waals surface area contributed by atoms with E-state index < -0.39 is 0 Å². The Morgan fingerprint density at radius 1 is 1.17 bits per heavy atom. The lowest BCUT2D eigenvalue weighted by Gasteiger charge is -2.26. The van der Waals surface area contributed by atoms with Crippen molar-refractivity contribution in [1.82, 2.24) is 4.90 Å². The molecule has 0 aliphatic carbocycles. The van der Waals surface area contributed by atoms with Gasteiger partial charge in [0.25, 0.3) is 5.91 Å². The number of amides is 1. The first-order valence-electron chi connectivity index (χ1n) is 10.3. The van der Waals surface area contributed by atoms with Crippen LogP contribution in [0.15, 0.2) is 48.5 Å². The second kappa shape index (κ2) is 13.0. The first-order valence-corrected chi connectivity index (χ1v) is 10.8. The first kappa shape index (κ1) is 23.8. The molecule has 0 spiro atoms. The fourth-order valence-electron chi connectivity index (χ4n) is 3.38. The van der Waals surface area contributed by atoms with Crippen LogP contribution in [0.1, 0.15) is 48.1 Å². The van der Waals surface area contributed by atoms with Gasteiger partial charge in [-0.1, -0.05) is 36.8 Å². The molecule has 30 heavy (non-hydrogen) atoms. The average molecular weight is 429 g/mol. The van der Waals surface area contributed by atoms with Crippen LogP contribution >= 0.6 is 12.2 Å². The Kier molecular flexibility index (Phi) is 10.3. The van der Waals surface area contributed by atoms with E-state index >= 15 is 0 Å². The minimum atomic E-state index is -0.150. The molecule has 1 aliphatic rings. The summed E-state index contributed by atoms with van der Waals surface area (Å²) >= 11 is 4.05. The summed E-state index contributed by atoms with van der Waals surface area (Å²) in [6.07, 6.45) is 3.92. The third kappa shape index (κ3) is 7.74. The van der Waals surface area contributed by atoms with Gasteiger partial charge in [0.2, 0.25) is 0 Å². The Hall–Kier alpha value is -2.48. The lowest BCUT2D eigenvalue weighted by molar-refractivity contribution is 0.102. The van der Waals surface area contributed by atoms with Crippen molar-refractivity contribution < 1.29 is 9.53 Å². The molecule has 0 aromatic heterocycles. The van der Waals surface area contributed by atoms with Crippen molar-refractivity contribution in [1.29, 1.82) is 0 Å². The zero-order valence-corrected chi connectivity index (χ0v) is 18.4. The number of hydrogen-bond donors (Lipinski definition) is 3. The van der Waals surface area contributed by atoms with Crippen molar-refractivity contribution in [2.24, 2.45) is 11.5 Å². The van der Waals surface area contributed by atoms with E-state index in [0.29, 0.717) is 12.2 Å². The zero-order valence-electron chi connectivity index (χ0n) is 17.5. The second-order valence-corrected chi connectivity index (χ2v) is 7.51. The number of nitrogens with one attached hydrogen (secondary N) is 1. The van der Waals surface area contributed by atoms with Gasteiger partial charge in [0.1, 0.15) is 12.4 Å². The van der Waals surface area contributed by atoms with Crippen LogP contribution in [0.3, 0.4) is 0 Å². The number of nitrogens with two attached hydrogens (primary N) is 2. The monoisotopic (exact) mass is 428 g/mol. The summed E-state index contributed by atoms with van der Waals surface area (Å²) in [6.45, 7) is 5.88. The summed E-state index contributed by atoms with van der Waals surface area (Å²) in [5, 5.41) is 2.95. The normalized spacial score (nSPS) is 14.7. The predicted molar refractivity (Wildman–Crippen MR) is 127 cm³/mol. The third-order valence-electron chi connectivity index (χ3n) is 4.94. The molecule has 1 saturated heterocycles. The Morgan fingerprint density at radius 2 is 1.80 bits per heavy atom. The molecule has 1 aliphatic heterocycles. The number of carbonyl (C=O) groups is 1. The molecule has 6 nitrogen and oxygen atoms in total. The maximum absolute atomic E-state index is 12.5. The third-order valence-corrected chi connectivity index (χ3v) is 4.94. The predicted octanol–water partition coefficient (Wildman–Crippen LogP) is 3.73. The van der Waals surface area contributed by atoms with Gasteiger partial charge in [0, 0.05) is 23.8 Å². The molecule has 5 N–H and O–H groups in total. The molecule has 1 fully saturated rings. The molecule has 0 bridgehead atoms. The minimum Gasteiger partial charge on any atom is -0.492 e. The van der Waals surface area contributed by atoms with Crippen LogP contribution in [0.2, 0.25) is 0 Å². The van der Waals surface area contributed by atoms with E-state index in [4.69, 9.17) is 10.5 Å². The molecule has 2 aromatic carbocycles. The molecule has 1 unspecified atom stereocenters. The van der Waals surface area contributed by atoms with Crippen LogP contribution in [-0.4, -0.2) is 42.5 Å². The fraction of sp³-hybridized carbons (Fsp3) is 0.391. The molecule has 1 atom stereocenters. The van der Waals surface area contributed by atoms with Crippen LogP contribution in [0.25, 0.3) is 0 Å². The fourth-order valence-corrected chi connectivity index (χ4v) is 3.38. The van der Waals surface area contributed by atoms with E-state index in [-0.39, 0.29) is 11.9 Å². The molecule has 1 heterocycles. The number of carbonyl (C=O) groups excluding carboxylic acids is 1. The van der Waals surface area contributed by atoms with E-state index in [0.717, 1.165) is 29.0 Å². The number of hydrogen-bond acceptors (Lipinski definition) is 5. The van der Waals surface area contributed by atoms with Crippen LogP contribution in [-0.2, 0) is 0 Å². The molecular weight excluding hydrogens is 396 g/mol. The molecule has 1 amide bonds. The molecule has 3 rings (SSSR count). The lowest BCUT2D eigenvalue weighted by atomic mass is 10.1. The summed E-state index contributed by atoms with van der Waals surface area (Å²) in [6, 6.07) is 14.8. The van der Waals surface area contributed by atoms with Gasteiger partial charge >= 0.3 is 0 Å². The summed E-state index contributed by atoms with van der Waals surface area (Å²) < 4.78 is 5.82. The highest BCUT2D eigenvalue weighted by atomic mass is 32.1. The van der Waals surface area contributed by atoms with Gasteiger partial charge in [-0.15, -0.1) is 0 Å². The second-order valence-electron chi connectivity index (χ2n) is 7.24. The van der Waals surface area contributed by atoms with E-state index in [2.05, 4.69) is 28.2 Å². The zero-order chi connectivity index (χ0) is 21.8. The molecule has 162 valence electrons. The number of anilines is 1. The van der Waals surface area contributed by atoms with Crippen LogP contribution in [0.5, 0.6) is 5.75 Å². The first-order chi connectivity index (χ1) is 14.5.